The molecule has 0 saturated carbocycles. The van der Waals surface area contributed by atoms with Crippen LogP contribution in [0, 0.1) is 17.7 Å². The van der Waals surface area contributed by atoms with Crippen LogP contribution in [0.3, 0.4) is 0 Å². The van der Waals surface area contributed by atoms with Gasteiger partial charge in [0.2, 0.25) is 0 Å². The van der Waals surface area contributed by atoms with Gasteiger partial charge < -0.3 is 0 Å². The van der Waals surface area contributed by atoms with Crippen molar-refractivity contribution < 1.29 is 8.78 Å². The van der Waals surface area contributed by atoms with Gasteiger partial charge >= 0.3 is 0 Å². The molecule has 0 radical (unpaired) electrons. The topological polar surface area (TPSA) is 0 Å². The maximum atomic E-state index is 12.7. The minimum Gasteiger partial charge on any atom is -0.237 e. The van der Waals surface area contributed by atoms with E-state index in [0.29, 0.717) is 0 Å². The van der Waals surface area contributed by atoms with Crippen LogP contribution in [0.5, 0.6) is 0 Å². The van der Waals surface area contributed by atoms with Crippen LogP contribution in [-0.4, -0.2) is 6.67 Å². The van der Waals surface area contributed by atoms with E-state index in [-0.39, 0.29) is 5.56 Å². The summed E-state index contributed by atoms with van der Waals surface area (Å²) >= 11 is 0. The van der Waals surface area contributed by atoms with Gasteiger partial charge in [0.05, 0.1) is 5.56 Å². The quantitative estimate of drug-likeness (QED) is 0.499. The molecule has 0 aliphatic rings. The molecule has 1 aromatic rings. The molecule has 0 heterocycles. The summed E-state index contributed by atoms with van der Waals surface area (Å²) in [7, 11) is 0. The molecule has 2 heteroatoms. The molecule has 11 heavy (non-hydrogen) atoms. The van der Waals surface area contributed by atoms with E-state index < -0.39 is 12.5 Å². The second kappa shape index (κ2) is 3.72. The molecule has 0 bridgehead atoms. The third-order valence-corrected chi connectivity index (χ3v) is 1.16. The zero-order valence-electron chi connectivity index (χ0n) is 5.77. The third kappa shape index (κ3) is 2.05. The fourth-order valence-electron chi connectivity index (χ4n) is 0.691. The van der Waals surface area contributed by atoms with Gasteiger partial charge in [-0.3, -0.25) is 0 Å². The number of rotatable bonds is 0. The molecule has 0 spiro atoms. The van der Waals surface area contributed by atoms with E-state index in [9.17, 15) is 8.78 Å². The van der Waals surface area contributed by atoms with Crippen molar-refractivity contribution in [1.29, 1.82) is 0 Å². The molecule has 0 saturated heterocycles. The van der Waals surface area contributed by atoms with Gasteiger partial charge in [-0.2, -0.15) is 0 Å². The number of hydrogen-bond acceptors (Lipinski definition) is 0. The second-order valence-corrected chi connectivity index (χ2v) is 1.92. The Labute approximate surface area is 63.9 Å². The summed E-state index contributed by atoms with van der Waals surface area (Å²) in [4.78, 5) is 0. The molecule has 0 aliphatic heterocycles. The van der Waals surface area contributed by atoms with Crippen molar-refractivity contribution in [2.24, 2.45) is 0 Å². The Hall–Kier alpha value is -1.36. The largest absolute Gasteiger partial charge is 0.237 e. The summed E-state index contributed by atoms with van der Waals surface area (Å²) in [6, 6.07) is 6.03. The molecule has 0 N–H and O–H groups in total. The van der Waals surface area contributed by atoms with Crippen molar-refractivity contribution in [3.8, 4) is 11.8 Å². The Kier molecular flexibility index (Phi) is 2.62. The first-order valence-electron chi connectivity index (χ1n) is 3.14. The normalized spacial score (nSPS) is 8.55. The van der Waals surface area contributed by atoms with E-state index >= 15 is 0 Å². The van der Waals surface area contributed by atoms with Gasteiger partial charge in [0.1, 0.15) is 5.82 Å². The molecule has 0 aromatic heterocycles. The van der Waals surface area contributed by atoms with Crippen molar-refractivity contribution in [2.45, 2.75) is 0 Å². The predicted octanol–water partition coefficient (Wildman–Crippen LogP) is 2.15. The fourth-order valence-corrected chi connectivity index (χ4v) is 0.691. The van der Waals surface area contributed by atoms with Crippen molar-refractivity contribution in [3.63, 3.8) is 0 Å². The van der Waals surface area contributed by atoms with Gasteiger partial charge in [0.15, 0.2) is 6.67 Å². The van der Waals surface area contributed by atoms with E-state index in [4.69, 9.17) is 0 Å². The van der Waals surface area contributed by atoms with E-state index in [1.807, 2.05) is 0 Å². The maximum Gasteiger partial charge on any atom is 0.150 e. The van der Waals surface area contributed by atoms with Gasteiger partial charge in [0, 0.05) is 0 Å². The van der Waals surface area contributed by atoms with Crippen LogP contribution in [0.2, 0.25) is 0 Å². The van der Waals surface area contributed by atoms with Gasteiger partial charge in [-0.05, 0) is 12.1 Å². The minimum absolute atomic E-state index is 0.241. The standard InChI is InChI=1S/C9H6F2/c10-7-3-5-8-4-1-2-6-9(8)11/h1-2,4,6H,7H2. The van der Waals surface area contributed by atoms with E-state index in [2.05, 4.69) is 11.8 Å². The molecule has 0 fully saturated rings. The molecule has 0 aliphatic carbocycles. The van der Waals surface area contributed by atoms with E-state index in [1.54, 1.807) is 12.1 Å². The number of alkyl halides is 1. The number of hydrogen-bond donors (Lipinski definition) is 0. The lowest BCUT2D eigenvalue weighted by molar-refractivity contribution is 0.573. The fraction of sp³-hybridized carbons (Fsp3) is 0.111. The van der Waals surface area contributed by atoms with Crippen molar-refractivity contribution in [1.82, 2.24) is 0 Å². The van der Waals surface area contributed by atoms with Crippen LogP contribution in [0.4, 0.5) is 8.78 Å². The predicted molar refractivity (Wildman–Crippen MR) is 39.3 cm³/mol. The molecule has 0 amide bonds. The summed E-state index contributed by atoms with van der Waals surface area (Å²) in [5.41, 5.74) is 0.241. The molecule has 0 unspecified atom stereocenters. The number of halogens is 2. The maximum absolute atomic E-state index is 12.7. The molecular weight excluding hydrogens is 146 g/mol. The van der Waals surface area contributed by atoms with Crippen molar-refractivity contribution >= 4 is 0 Å². The summed E-state index contributed by atoms with van der Waals surface area (Å²) in [5, 5.41) is 0. The summed E-state index contributed by atoms with van der Waals surface area (Å²) in [6.45, 7) is -0.742. The Morgan fingerprint density at radius 2 is 2.00 bits per heavy atom. The zero-order chi connectivity index (χ0) is 8.10. The molecule has 56 valence electrons. The first-order valence-corrected chi connectivity index (χ1v) is 3.14. The monoisotopic (exact) mass is 152 g/mol. The average Bonchev–Trinajstić information content (AvgIpc) is 2.03. The van der Waals surface area contributed by atoms with Crippen LogP contribution >= 0.6 is 0 Å². The first-order chi connectivity index (χ1) is 5.34. The summed E-state index contributed by atoms with van der Waals surface area (Å²) in [5.74, 6) is 4.10. The Bertz CT molecular complexity index is 294. The Morgan fingerprint density at radius 1 is 1.27 bits per heavy atom. The molecule has 1 aromatic carbocycles. The van der Waals surface area contributed by atoms with Crippen LogP contribution in [-0.2, 0) is 0 Å². The number of benzene rings is 1. The molecular formula is C9H6F2. The Balaban J connectivity index is 2.95. The molecule has 0 nitrogen and oxygen atoms in total. The van der Waals surface area contributed by atoms with Crippen LogP contribution < -0.4 is 0 Å². The molecule has 0 atom stereocenters. The van der Waals surface area contributed by atoms with E-state index in [1.165, 1.54) is 12.1 Å². The zero-order valence-corrected chi connectivity index (χ0v) is 5.77. The minimum atomic E-state index is -0.742. The third-order valence-electron chi connectivity index (χ3n) is 1.16. The highest BCUT2D eigenvalue weighted by Gasteiger charge is 1.93. The lowest BCUT2D eigenvalue weighted by Gasteiger charge is -1.89. The molecule has 1 rings (SSSR count). The highest BCUT2D eigenvalue weighted by molar-refractivity contribution is 5.35. The van der Waals surface area contributed by atoms with Gasteiger partial charge in [0.25, 0.3) is 0 Å². The smallest absolute Gasteiger partial charge is 0.150 e. The van der Waals surface area contributed by atoms with E-state index in [0.717, 1.165) is 0 Å². The van der Waals surface area contributed by atoms with Gasteiger partial charge in [-0.1, -0.05) is 24.0 Å². The van der Waals surface area contributed by atoms with Crippen molar-refractivity contribution in [2.75, 3.05) is 6.67 Å². The highest BCUT2D eigenvalue weighted by Crippen LogP contribution is 2.03. The lowest BCUT2D eigenvalue weighted by Crippen LogP contribution is -1.80. The Morgan fingerprint density at radius 3 is 2.64 bits per heavy atom. The van der Waals surface area contributed by atoms with Crippen LogP contribution in [0.15, 0.2) is 24.3 Å². The SMILES string of the molecule is FCC#Cc1ccccc1F. The van der Waals surface area contributed by atoms with Crippen molar-refractivity contribution in [3.05, 3.63) is 35.6 Å². The summed E-state index contributed by atoms with van der Waals surface area (Å²) < 4.78 is 24.2. The van der Waals surface area contributed by atoms with Crippen LogP contribution in [0.25, 0.3) is 0 Å². The van der Waals surface area contributed by atoms with Crippen LogP contribution in [0.1, 0.15) is 5.56 Å². The first kappa shape index (κ1) is 7.74. The summed E-state index contributed by atoms with van der Waals surface area (Å²) in [6.07, 6.45) is 0. The highest BCUT2D eigenvalue weighted by atomic mass is 19.1. The lowest BCUT2D eigenvalue weighted by atomic mass is 10.2. The average molecular weight is 152 g/mol. The second-order valence-electron chi connectivity index (χ2n) is 1.92. The van der Waals surface area contributed by atoms with Gasteiger partial charge in [-0.15, -0.1) is 0 Å². The van der Waals surface area contributed by atoms with Gasteiger partial charge in [-0.25, -0.2) is 8.78 Å².